The van der Waals surface area contributed by atoms with Crippen LogP contribution in [0.5, 0.6) is 5.75 Å². The molecule has 1 fully saturated rings. The first-order chi connectivity index (χ1) is 14.7. The number of likely N-dealkylation sites (N-methyl/N-ethyl adjacent to an activating group) is 1. The van der Waals surface area contributed by atoms with E-state index in [1.54, 1.807) is 7.05 Å². The Bertz CT molecular complexity index is 1150. The molecule has 2 aromatic rings. The van der Waals surface area contributed by atoms with E-state index in [1.165, 1.54) is 33.9 Å². The van der Waals surface area contributed by atoms with Gasteiger partial charge < -0.3 is 25.0 Å². The van der Waals surface area contributed by atoms with Gasteiger partial charge in [0.2, 0.25) is 5.43 Å². The lowest BCUT2D eigenvalue weighted by Crippen LogP contribution is -2.60. The maximum absolute atomic E-state index is 14.1. The molecule has 0 bridgehead atoms. The number of benzene rings is 1. The number of halogens is 3. The molecule has 0 atom stereocenters. The third kappa shape index (κ3) is 3.74. The number of pyridine rings is 1. The predicted molar refractivity (Wildman–Crippen MR) is 117 cm³/mol. The van der Waals surface area contributed by atoms with E-state index in [4.69, 9.17) is 11.6 Å². The van der Waals surface area contributed by atoms with Crippen LogP contribution >= 0.6 is 24.0 Å². The van der Waals surface area contributed by atoms with Crippen LogP contribution in [-0.4, -0.2) is 51.7 Å². The molecule has 3 N–H and O–H groups in total. The summed E-state index contributed by atoms with van der Waals surface area (Å²) in [6.45, 7) is 0.0957. The van der Waals surface area contributed by atoms with Gasteiger partial charge in [0.15, 0.2) is 11.4 Å². The maximum Gasteiger partial charge on any atom is 0.274 e. The highest BCUT2D eigenvalue weighted by molar-refractivity contribution is 6.30. The Morgan fingerprint density at radius 2 is 2.03 bits per heavy atom. The Kier molecular flexibility index (Phi) is 6.55. The monoisotopic (exact) mass is 485 g/mol. The van der Waals surface area contributed by atoms with Crippen molar-refractivity contribution in [2.24, 2.45) is 5.92 Å². The normalized spacial score (nSPS) is 21.6. The highest BCUT2D eigenvalue weighted by Gasteiger charge is 2.51. The summed E-state index contributed by atoms with van der Waals surface area (Å²) < 4.78 is 15.6. The SMILES string of the molecule is CN1C[C@]2(C[C@@H](CO)C2)n2cc(C(=O)NCc3cccc(Cl)c3F)c(=O)c(O)c2C1=O.Cl. The fraction of sp³-hybridized carbons (Fsp3) is 0.381. The molecule has 11 heteroatoms. The van der Waals surface area contributed by atoms with Crippen LogP contribution in [0.2, 0.25) is 5.02 Å². The number of hydrogen-bond donors (Lipinski definition) is 3. The van der Waals surface area contributed by atoms with E-state index in [0.29, 0.717) is 19.4 Å². The number of hydrogen-bond acceptors (Lipinski definition) is 5. The maximum atomic E-state index is 14.1. The largest absolute Gasteiger partial charge is 0.503 e. The highest BCUT2D eigenvalue weighted by atomic mass is 35.5. The van der Waals surface area contributed by atoms with E-state index in [2.05, 4.69) is 5.32 Å². The van der Waals surface area contributed by atoms with Gasteiger partial charge >= 0.3 is 0 Å². The van der Waals surface area contributed by atoms with Crippen molar-refractivity contribution < 1.29 is 24.2 Å². The summed E-state index contributed by atoms with van der Waals surface area (Å²) in [6, 6.07) is 4.36. The summed E-state index contributed by atoms with van der Waals surface area (Å²) in [5.74, 6) is -2.79. The van der Waals surface area contributed by atoms with Crippen molar-refractivity contribution in [1.29, 1.82) is 0 Å². The van der Waals surface area contributed by atoms with Crippen molar-refractivity contribution in [3.63, 3.8) is 0 Å². The molecule has 2 heterocycles. The van der Waals surface area contributed by atoms with Crippen LogP contribution < -0.4 is 10.7 Å². The van der Waals surface area contributed by atoms with Crippen LogP contribution in [0.4, 0.5) is 4.39 Å². The van der Waals surface area contributed by atoms with E-state index in [0.717, 1.165) is 0 Å². The van der Waals surface area contributed by atoms with Gasteiger partial charge in [0.05, 0.1) is 10.6 Å². The molecule has 8 nitrogen and oxygen atoms in total. The van der Waals surface area contributed by atoms with Gasteiger partial charge in [-0.15, -0.1) is 12.4 Å². The molecule has 2 amide bonds. The summed E-state index contributed by atoms with van der Waals surface area (Å²) in [7, 11) is 1.57. The molecule has 0 radical (unpaired) electrons. The zero-order chi connectivity index (χ0) is 22.5. The minimum absolute atomic E-state index is 0. The number of carbonyl (C=O) groups is 2. The molecule has 1 spiro atoms. The van der Waals surface area contributed by atoms with Crippen molar-refractivity contribution in [3.05, 3.63) is 62.3 Å². The van der Waals surface area contributed by atoms with E-state index in [1.807, 2.05) is 0 Å². The molecule has 1 aliphatic heterocycles. The molecule has 32 heavy (non-hydrogen) atoms. The van der Waals surface area contributed by atoms with Gasteiger partial charge in [0, 0.05) is 38.5 Å². The molecule has 0 unspecified atom stereocenters. The summed E-state index contributed by atoms with van der Waals surface area (Å²) in [5, 5.41) is 22.3. The summed E-state index contributed by atoms with van der Waals surface area (Å²) in [5.41, 5.74) is -1.99. The van der Waals surface area contributed by atoms with Gasteiger partial charge in [-0.2, -0.15) is 0 Å². The molecular weight excluding hydrogens is 464 g/mol. The first-order valence-corrected chi connectivity index (χ1v) is 10.1. The molecule has 1 aliphatic carbocycles. The molecule has 1 aromatic carbocycles. The van der Waals surface area contributed by atoms with Crippen LogP contribution in [0.1, 0.15) is 39.3 Å². The molecule has 1 saturated carbocycles. The zero-order valence-corrected chi connectivity index (χ0v) is 18.7. The summed E-state index contributed by atoms with van der Waals surface area (Å²) in [6.07, 6.45) is 2.34. The lowest BCUT2D eigenvalue weighted by atomic mass is 9.67. The highest BCUT2D eigenvalue weighted by Crippen LogP contribution is 2.47. The van der Waals surface area contributed by atoms with Crippen LogP contribution in [0.15, 0.2) is 29.2 Å². The quantitative estimate of drug-likeness (QED) is 0.611. The van der Waals surface area contributed by atoms with Gasteiger partial charge in [-0.05, 0) is 24.8 Å². The van der Waals surface area contributed by atoms with Crippen molar-refractivity contribution in [3.8, 4) is 5.75 Å². The van der Waals surface area contributed by atoms with Crippen molar-refractivity contribution in [2.45, 2.75) is 24.9 Å². The molecule has 1 aromatic heterocycles. The van der Waals surface area contributed by atoms with Crippen LogP contribution in [0.3, 0.4) is 0 Å². The standard InChI is InChI=1S/C21H21ClFN3O5.ClH/c1-25-10-21(5-11(6-21)9-27)26-8-13(17(28)18(29)16(26)20(25)31)19(30)24-7-12-3-2-4-14(22)15(12)23;/h2-4,8,11,27,29H,5-7,9-10H2,1H3,(H,24,30);1H/t11-,21-;. The van der Waals surface area contributed by atoms with E-state index >= 15 is 0 Å². The molecule has 0 saturated heterocycles. The lowest BCUT2D eigenvalue weighted by molar-refractivity contribution is -0.0102. The van der Waals surface area contributed by atoms with Crippen LogP contribution in [0.25, 0.3) is 0 Å². The van der Waals surface area contributed by atoms with E-state index in [-0.39, 0.29) is 53.3 Å². The Hall–Kier alpha value is -2.62. The second-order valence-corrected chi connectivity index (χ2v) is 8.58. The average molecular weight is 486 g/mol. The van der Waals surface area contributed by atoms with Crippen LogP contribution in [0, 0.1) is 11.7 Å². The lowest BCUT2D eigenvalue weighted by Gasteiger charge is -2.53. The molecule has 2 aliphatic rings. The predicted octanol–water partition coefficient (Wildman–Crippen LogP) is 1.88. The fourth-order valence-electron chi connectivity index (χ4n) is 4.54. The number of nitrogens with one attached hydrogen (secondary N) is 1. The first kappa shape index (κ1) is 24.0. The first-order valence-electron chi connectivity index (χ1n) is 9.75. The van der Waals surface area contributed by atoms with Gasteiger partial charge in [-0.3, -0.25) is 14.4 Å². The second kappa shape index (κ2) is 8.73. The smallest absolute Gasteiger partial charge is 0.274 e. The van der Waals surface area contributed by atoms with Gasteiger partial charge in [0.25, 0.3) is 11.8 Å². The van der Waals surface area contributed by atoms with Gasteiger partial charge in [-0.1, -0.05) is 23.7 Å². The summed E-state index contributed by atoms with van der Waals surface area (Å²) in [4.78, 5) is 39.5. The van der Waals surface area contributed by atoms with Gasteiger partial charge in [0.1, 0.15) is 11.4 Å². The topological polar surface area (TPSA) is 112 Å². The Morgan fingerprint density at radius 1 is 1.34 bits per heavy atom. The van der Waals surface area contributed by atoms with Crippen molar-refractivity contribution in [2.75, 3.05) is 20.2 Å². The number of aromatic hydroxyl groups is 1. The second-order valence-electron chi connectivity index (χ2n) is 8.18. The third-order valence-electron chi connectivity index (χ3n) is 6.09. The van der Waals surface area contributed by atoms with E-state index < -0.39 is 34.3 Å². The number of aliphatic hydroxyl groups excluding tert-OH is 1. The van der Waals surface area contributed by atoms with Gasteiger partial charge in [-0.25, -0.2) is 4.39 Å². The van der Waals surface area contributed by atoms with Crippen LogP contribution in [-0.2, 0) is 12.1 Å². The number of aromatic nitrogens is 1. The molecule has 172 valence electrons. The minimum Gasteiger partial charge on any atom is -0.503 e. The Labute approximate surface area is 194 Å². The Morgan fingerprint density at radius 3 is 2.69 bits per heavy atom. The summed E-state index contributed by atoms with van der Waals surface area (Å²) >= 11 is 5.75. The third-order valence-corrected chi connectivity index (χ3v) is 6.38. The van der Waals surface area contributed by atoms with Crippen molar-refractivity contribution >= 4 is 35.8 Å². The van der Waals surface area contributed by atoms with E-state index in [9.17, 15) is 29.0 Å². The average Bonchev–Trinajstić information content (AvgIpc) is 2.71. The number of rotatable bonds is 4. The zero-order valence-electron chi connectivity index (χ0n) is 17.1. The molecule has 4 rings (SSSR count). The fourth-order valence-corrected chi connectivity index (χ4v) is 4.73. The molecular formula is C21H22Cl2FN3O5. The number of fused-ring (bicyclic) bond motifs is 2. The number of aliphatic hydroxyl groups is 1. The number of carbonyl (C=O) groups excluding carboxylic acids is 2. The number of nitrogens with zero attached hydrogens (tertiary/aromatic N) is 2. The Balaban J connectivity index is 0.00000289. The van der Waals surface area contributed by atoms with Crippen molar-refractivity contribution in [1.82, 2.24) is 14.8 Å². The number of amides is 2. The minimum atomic E-state index is -0.979.